The number of nitrogens with zero attached hydrogens (tertiary/aromatic N) is 1. The molecule has 114 valence electrons. The van der Waals surface area contributed by atoms with Gasteiger partial charge >= 0.3 is 12.0 Å². The summed E-state index contributed by atoms with van der Waals surface area (Å²) in [6, 6.07) is 2.25. The Hall–Kier alpha value is -1.63. The second-order valence-electron chi connectivity index (χ2n) is 5.35. The number of benzene rings is 1. The summed E-state index contributed by atoms with van der Waals surface area (Å²) in [6.45, 7) is 3.63. The molecule has 1 aromatic rings. The van der Waals surface area contributed by atoms with Crippen molar-refractivity contribution < 1.29 is 19.1 Å². The molecule has 1 aromatic carbocycles. The van der Waals surface area contributed by atoms with Crippen LogP contribution in [0.4, 0.5) is 14.9 Å². The van der Waals surface area contributed by atoms with Gasteiger partial charge in [-0.1, -0.05) is 0 Å². The zero-order valence-corrected chi connectivity index (χ0v) is 13.3. The third-order valence-electron chi connectivity index (χ3n) is 3.86. The molecule has 1 heterocycles. The van der Waals surface area contributed by atoms with E-state index in [1.165, 1.54) is 17.9 Å². The van der Waals surface area contributed by atoms with E-state index in [1.54, 1.807) is 13.0 Å². The van der Waals surface area contributed by atoms with Crippen LogP contribution in [0, 0.1) is 12.7 Å². The van der Waals surface area contributed by atoms with Crippen LogP contribution >= 0.6 is 15.9 Å². The summed E-state index contributed by atoms with van der Waals surface area (Å²) >= 11 is 3.07. The van der Waals surface area contributed by atoms with Crippen molar-refractivity contribution in [2.45, 2.75) is 32.2 Å². The van der Waals surface area contributed by atoms with E-state index < -0.39 is 23.4 Å². The summed E-state index contributed by atoms with van der Waals surface area (Å²) in [5, 5.41) is 11.9. The number of likely N-dealkylation sites (tertiary alicyclic amines) is 1. The molecule has 7 heteroatoms. The predicted octanol–water partition coefficient (Wildman–Crippen LogP) is 3.37. The van der Waals surface area contributed by atoms with E-state index in [-0.39, 0.29) is 0 Å². The first-order chi connectivity index (χ1) is 9.75. The number of rotatable bonds is 2. The Labute approximate surface area is 130 Å². The second kappa shape index (κ2) is 5.63. The van der Waals surface area contributed by atoms with Crippen molar-refractivity contribution in [3.63, 3.8) is 0 Å². The first-order valence-electron chi connectivity index (χ1n) is 6.53. The number of aliphatic carboxylic acids is 1. The van der Waals surface area contributed by atoms with Gasteiger partial charge in [-0.3, -0.25) is 0 Å². The normalized spacial score (nSPS) is 21.4. The second-order valence-corrected chi connectivity index (χ2v) is 6.20. The fraction of sp³-hybridized carbons (Fsp3) is 0.429. The maximum absolute atomic E-state index is 13.6. The van der Waals surface area contributed by atoms with Gasteiger partial charge in [0.25, 0.3) is 0 Å². The lowest BCUT2D eigenvalue weighted by atomic mass is 10.00. The van der Waals surface area contributed by atoms with Crippen LogP contribution in [-0.2, 0) is 4.79 Å². The fourth-order valence-corrected chi connectivity index (χ4v) is 2.93. The molecule has 1 atom stereocenters. The Balaban J connectivity index is 2.22. The predicted molar refractivity (Wildman–Crippen MR) is 79.8 cm³/mol. The van der Waals surface area contributed by atoms with Crippen LogP contribution in [0.2, 0.25) is 0 Å². The quantitative estimate of drug-likeness (QED) is 0.851. The highest BCUT2D eigenvalue weighted by Crippen LogP contribution is 2.31. The van der Waals surface area contributed by atoms with Crippen LogP contribution in [0.15, 0.2) is 16.6 Å². The standard InChI is InChI=1S/C14H16BrFN2O3/c1-8-6-9(15)10(16)7-11(8)17-13(21)18-5-3-4-14(18,2)12(19)20/h6-7H,3-5H2,1-2H3,(H,17,21)(H,19,20). The molecule has 1 aliphatic rings. The summed E-state index contributed by atoms with van der Waals surface area (Å²) in [5.74, 6) is -1.52. The van der Waals surface area contributed by atoms with Crippen molar-refractivity contribution in [1.29, 1.82) is 0 Å². The number of hydrogen-bond donors (Lipinski definition) is 2. The molecule has 1 fully saturated rings. The molecule has 2 rings (SSSR count). The lowest BCUT2D eigenvalue weighted by Crippen LogP contribution is -2.52. The third-order valence-corrected chi connectivity index (χ3v) is 4.46. The topological polar surface area (TPSA) is 69.6 Å². The van der Waals surface area contributed by atoms with Crippen LogP contribution in [-0.4, -0.2) is 34.1 Å². The minimum atomic E-state index is -1.22. The highest BCUT2D eigenvalue weighted by molar-refractivity contribution is 9.10. The molecular weight excluding hydrogens is 343 g/mol. The molecule has 0 radical (unpaired) electrons. The molecule has 0 spiro atoms. The molecular formula is C14H16BrFN2O3. The van der Waals surface area contributed by atoms with Crippen molar-refractivity contribution in [2.24, 2.45) is 0 Å². The summed E-state index contributed by atoms with van der Waals surface area (Å²) < 4.78 is 13.9. The highest BCUT2D eigenvalue weighted by atomic mass is 79.9. The number of halogens is 2. The van der Waals surface area contributed by atoms with Crippen LogP contribution in [0.5, 0.6) is 0 Å². The molecule has 1 saturated heterocycles. The van der Waals surface area contributed by atoms with Crippen LogP contribution in [0.3, 0.4) is 0 Å². The Morgan fingerprint density at radius 3 is 2.76 bits per heavy atom. The lowest BCUT2D eigenvalue weighted by molar-refractivity contribution is -0.146. The molecule has 1 aliphatic heterocycles. The highest BCUT2D eigenvalue weighted by Gasteiger charge is 2.46. The van der Waals surface area contributed by atoms with Crippen molar-refractivity contribution >= 4 is 33.6 Å². The van der Waals surface area contributed by atoms with E-state index in [0.29, 0.717) is 35.1 Å². The number of carbonyl (C=O) groups excluding carboxylic acids is 1. The maximum atomic E-state index is 13.6. The summed E-state index contributed by atoms with van der Waals surface area (Å²) in [7, 11) is 0. The van der Waals surface area contributed by atoms with Crippen LogP contribution < -0.4 is 5.32 Å². The third kappa shape index (κ3) is 2.88. The number of carboxylic acids is 1. The van der Waals surface area contributed by atoms with E-state index in [2.05, 4.69) is 21.2 Å². The van der Waals surface area contributed by atoms with Gasteiger partial charge in [-0.25, -0.2) is 14.0 Å². The van der Waals surface area contributed by atoms with E-state index in [0.717, 1.165) is 0 Å². The minimum absolute atomic E-state index is 0.314. The summed E-state index contributed by atoms with van der Waals surface area (Å²) in [4.78, 5) is 25.0. The monoisotopic (exact) mass is 358 g/mol. The summed E-state index contributed by atoms with van der Waals surface area (Å²) in [6.07, 6.45) is 1.04. The fourth-order valence-electron chi connectivity index (χ4n) is 2.47. The Morgan fingerprint density at radius 1 is 1.48 bits per heavy atom. The zero-order chi connectivity index (χ0) is 15.8. The average molecular weight is 359 g/mol. The van der Waals surface area contributed by atoms with Crippen molar-refractivity contribution in [3.05, 3.63) is 28.0 Å². The molecule has 0 saturated carbocycles. The molecule has 0 aromatic heterocycles. The van der Waals surface area contributed by atoms with Crippen molar-refractivity contribution in [3.8, 4) is 0 Å². The van der Waals surface area contributed by atoms with Gasteiger partial charge in [0.05, 0.1) is 4.47 Å². The van der Waals surface area contributed by atoms with Gasteiger partial charge in [0.2, 0.25) is 0 Å². The first kappa shape index (κ1) is 15.8. The largest absolute Gasteiger partial charge is 0.480 e. The van der Waals surface area contributed by atoms with E-state index in [4.69, 9.17) is 0 Å². The average Bonchev–Trinajstić information content (AvgIpc) is 2.79. The van der Waals surface area contributed by atoms with E-state index in [9.17, 15) is 19.1 Å². The van der Waals surface area contributed by atoms with Crippen molar-refractivity contribution in [1.82, 2.24) is 4.90 Å². The van der Waals surface area contributed by atoms with Crippen LogP contribution in [0.25, 0.3) is 0 Å². The number of amides is 2. The molecule has 2 amide bonds. The Bertz CT molecular complexity index is 608. The van der Waals surface area contributed by atoms with Gasteiger partial charge in [0.1, 0.15) is 11.4 Å². The lowest BCUT2D eigenvalue weighted by Gasteiger charge is -2.31. The molecule has 0 aliphatic carbocycles. The van der Waals surface area contributed by atoms with Gasteiger partial charge in [0, 0.05) is 12.2 Å². The molecule has 0 bridgehead atoms. The maximum Gasteiger partial charge on any atom is 0.329 e. The smallest absolute Gasteiger partial charge is 0.329 e. The molecule has 21 heavy (non-hydrogen) atoms. The molecule has 2 N–H and O–H groups in total. The summed E-state index contributed by atoms with van der Waals surface area (Å²) in [5.41, 5.74) is -0.195. The number of carbonyl (C=O) groups is 2. The van der Waals surface area contributed by atoms with Gasteiger partial charge in [-0.2, -0.15) is 0 Å². The number of nitrogens with one attached hydrogen (secondary N) is 1. The van der Waals surface area contributed by atoms with E-state index >= 15 is 0 Å². The number of aryl methyl sites for hydroxylation is 1. The number of hydrogen-bond acceptors (Lipinski definition) is 2. The minimum Gasteiger partial charge on any atom is -0.480 e. The van der Waals surface area contributed by atoms with Crippen molar-refractivity contribution in [2.75, 3.05) is 11.9 Å². The zero-order valence-electron chi connectivity index (χ0n) is 11.7. The van der Waals surface area contributed by atoms with Gasteiger partial charge in [-0.05, 0) is 60.3 Å². The SMILES string of the molecule is Cc1cc(Br)c(F)cc1NC(=O)N1CCCC1(C)C(=O)O. The Morgan fingerprint density at radius 2 is 2.14 bits per heavy atom. The number of carboxylic acid groups (broad SMARTS) is 1. The van der Waals surface area contributed by atoms with Crippen LogP contribution in [0.1, 0.15) is 25.3 Å². The molecule has 5 nitrogen and oxygen atoms in total. The molecule has 1 unspecified atom stereocenters. The van der Waals surface area contributed by atoms with Gasteiger partial charge < -0.3 is 15.3 Å². The number of anilines is 1. The number of urea groups is 1. The van der Waals surface area contributed by atoms with E-state index in [1.807, 2.05) is 0 Å². The Kier molecular flexibility index (Phi) is 4.22. The van der Waals surface area contributed by atoms with Gasteiger partial charge in [-0.15, -0.1) is 0 Å². The first-order valence-corrected chi connectivity index (χ1v) is 7.32. The van der Waals surface area contributed by atoms with Gasteiger partial charge in [0.15, 0.2) is 0 Å².